The van der Waals surface area contributed by atoms with Crippen LogP contribution in [0.2, 0.25) is 0 Å². The molecule has 7 rings (SSSR count). The number of benzene rings is 5. The lowest BCUT2D eigenvalue weighted by atomic mass is 9.85. The van der Waals surface area contributed by atoms with Gasteiger partial charge in [-0.2, -0.15) is 0 Å². The second kappa shape index (κ2) is 21.6. The van der Waals surface area contributed by atoms with E-state index < -0.39 is 61.2 Å². The molecule has 10 heteroatoms. The van der Waals surface area contributed by atoms with Gasteiger partial charge in [0.2, 0.25) is 0 Å². The molecule has 2 aliphatic rings. The molecule has 1 saturated carbocycles. The number of aliphatic hydroxyl groups is 2. The number of hydrogen-bond acceptors (Lipinski definition) is 10. The Morgan fingerprint density at radius 2 is 0.879 bits per heavy atom. The molecular weight excluding hydrogens is 737 g/mol. The lowest BCUT2D eigenvalue weighted by Crippen LogP contribution is -2.65. The molecule has 1 unspecified atom stereocenters. The highest BCUT2D eigenvalue weighted by atomic mass is 16.7. The van der Waals surface area contributed by atoms with Gasteiger partial charge in [0.25, 0.3) is 0 Å². The molecule has 5 aromatic carbocycles. The van der Waals surface area contributed by atoms with Crippen molar-refractivity contribution >= 4 is 0 Å². The quantitative estimate of drug-likeness (QED) is 0.0927. The van der Waals surface area contributed by atoms with Crippen LogP contribution in [0.4, 0.5) is 0 Å². The molecule has 1 aliphatic heterocycles. The molecule has 2 fully saturated rings. The fourth-order valence-corrected chi connectivity index (χ4v) is 7.57. The summed E-state index contributed by atoms with van der Waals surface area (Å²) in [5.41, 5.74) is 4.82. The van der Waals surface area contributed by atoms with Crippen LogP contribution in [0.25, 0.3) is 0 Å². The molecule has 0 amide bonds. The van der Waals surface area contributed by atoms with E-state index in [0.717, 1.165) is 27.8 Å². The molecule has 58 heavy (non-hydrogen) atoms. The van der Waals surface area contributed by atoms with Crippen molar-refractivity contribution in [1.82, 2.24) is 0 Å². The maximum Gasteiger partial charge on any atom is 0.186 e. The van der Waals surface area contributed by atoms with Gasteiger partial charge in [-0.1, -0.05) is 152 Å². The van der Waals surface area contributed by atoms with E-state index in [-0.39, 0.29) is 39.5 Å². The summed E-state index contributed by atoms with van der Waals surface area (Å²) in [4.78, 5) is 0. The van der Waals surface area contributed by atoms with Crippen LogP contribution < -0.4 is 0 Å². The summed E-state index contributed by atoms with van der Waals surface area (Å²) in [5.74, 6) is 0. The lowest BCUT2D eigenvalue weighted by molar-refractivity contribution is -0.329. The Hall–Kier alpha value is -4.30. The van der Waals surface area contributed by atoms with Crippen molar-refractivity contribution < 1.29 is 48.1 Å². The largest absolute Gasteiger partial charge is 0.390 e. The Morgan fingerprint density at radius 1 is 0.483 bits per heavy atom. The highest BCUT2D eigenvalue weighted by molar-refractivity contribution is 5.17. The fraction of sp³-hybridized carbons (Fsp3) is 0.375. The first-order chi connectivity index (χ1) is 28.6. The summed E-state index contributed by atoms with van der Waals surface area (Å²) in [6.07, 6.45) is -8.60. The minimum atomic E-state index is -1.21. The predicted octanol–water partition coefficient (Wildman–Crippen LogP) is 6.80. The van der Waals surface area contributed by atoms with Gasteiger partial charge in [-0.15, -0.1) is 0 Å². The van der Waals surface area contributed by atoms with Crippen LogP contribution in [-0.2, 0) is 70.9 Å². The Morgan fingerprint density at radius 3 is 1.33 bits per heavy atom. The first-order valence-electron chi connectivity index (χ1n) is 20.0. The minimum absolute atomic E-state index is 0.110. The van der Waals surface area contributed by atoms with Gasteiger partial charge in [-0.3, -0.25) is 0 Å². The summed E-state index contributed by atoms with van der Waals surface area (Å²) >= 11 is 0. The maximum absolute atomic E-state index is 12.0. The van der Waals surface area contributed by atoms with Crippen molar-refractivity contribution in [3.05, 3.63) is 179 Å². The van der Waals surface area contributed by atoms with E-state index >= 15 is 0 Å². The number of methoxy groups -OCH3 is 1. The van der Waals surface area contributed by atoms with Crippen LogP contribution in [-0.4, -0.2) is 85.2 Å². The molecule has 10 atom stereocenters. The van der Waals surface area contributed by atoms with E-state index in [9.17, 15) is 10.2 Å². The van der Waals surface area contributed by atoms with E-state index in [2.05, 4.69) is 0 Å². The van der Waals surface area contributed by atoms with Crippen molar-refractivity contribution in [3.63, 3.8) is 0 Å². The summed E-state index contributed by atoms with van der Waals surface area (Å²) < 4.78 is 52.0. The zero-order valence-electron chi connectivity index (χ0n) is 32.8. The Labute approximate surface area is 341 Å². The third-order valence-corrected chi connectivity index (χ3v) is 10.6. The van der Waals surface area contributed by atoms with Gasteiger partial charge in [0.1, 0.15) is 42.7 Å². The molecule has 0 radical (unpaired) electrons. The van der Waals surface area contributed by atoms with Crippen LogP contribution in [0.3, 0.4) is 0 Å². The van der Waals surface area contributed by atoms with Crippen molar-refractivity contribution in [3.8, 4) is 0 Å². The zero-order chi connectivity index (χ0) is 39.9. The highest BCUT2D eigenvalue weighted by Crippen LogP contribution is 2.36. The number of aliphatic hydroxyl groups excluding tert-OH is 2. The van der Waals surface area contributed by atoms with Gasteiger partial charge in [0, 0.05) is 13.5 Å². The van der Waals surface area contributed by atoms with Gasteiger partial charge in [0.15, 0.2) is 6.29 Å². The fourth-order valence-electron chi connectivity index (χ4n) is 7.57. The van der Waals surface area contributed by atoms with Crippen molar-refractivity contribution in [2.75, 3.05) is 13.7 Å². The molecule has 10 nitrogen and oxygen atoms in total. The Balaban J connectivity index is 1.21. The SMILES string of the molecule is CO[C@H]1O[C@H](COCc2ccccc2)[C@@H](O[C@H]2CC(O)[C@@H](OCc3ccccc3)[C@H](OCc3ccccc3)[C@H]2OCc2ccccc2)[C@H](OCc2ccccc2)[C@H]1O. The molecule has 1 aliphatic carbocycles. The highest BCUT2D eigenvalue weighted by Gasteiger charge is 2.53. The summed E-state index contributed by atoms with van der Waals surface area (Å²) in [6, 6.07) is 49.2. The van der Waals surface area contributed by atoms with E-state index in [4.69, 9.17) is 37.9 Å². The topological polar surface area (TPSA) is 114 Å². The van der Waals surface area contributed by atoms with Crippen molar-refractivity contribution in [2.24, 2.45) is 0 Å². The Kier molecular flexibility index (Phi) is 15.6. The van der Waals surface area contributed by atoms with E-state index in [1.54, 1.807) is 0 Å². The molecule has 1 saturated heterocycles. The van der Waals surface area contributed by atoms with Crippen molar-refractivity contribution in [1.29, 1.82) is 0 Å². The normalized spacial score (nSPS) is 27.3. The predicted molar refractivity (Wildman–Crippen MR) is 217 cm³/mol. The van der Waals surface area contributed by atoms with Gasteiger partial charge < -0.3 is 48.1 Å². The first kappa shape index (κ1) is 41.8. The molecule has 5 aromatic rings. The first-order valence-corrected chi connectivity index (χ1v) is 20.0. The third-order valence-electron chi connectivity index (χ3n) is 10.6. The molecular formula is C48H54O10. The van der Waals surface area contributed by atoms with Crippen LogP contribution in [0, 0.1) is 0 Å². The van der Waals surface area contributed by atoms with Crippen LogP contribution >= 0.6 is 0 Å². The van der Waals surface area contributed by atoms with Crippen LogP contribution in [0.1, 0.15) is 34.2 Å². The molecule has 0 spiro atoms. The maximum atomic E-state index is 12.0. The number of ether oxygens (including phenoxy) is 8. The molecule has 1 heterocycles. The number of hydrogen-bond donors (Lipinski definition) is 2. The zero-order valence-corrected chi connectivity index (χ0v) is 32.8. The average molecular weight is 791 g/mol. The van der Waals surface area contributed by atoms with Gasteiger partial charge in [-0.05, 0) is 27.8 Å². The van der Waals surface area contributed by atoms with E-state index in [1.165, 1.54) is 7.11 Å². The van der Waals surface area contributed by atoms with Gasteiger partial charge in [-0.25, -0.2) is 0 Å². The number of rotatable bonds is 19. The van der Waals surface area contributed by atoms with Gasteiger partial charge in [0.05, 0.1) is 51.8 Å². The molecule has 306 valence electrons. The lowest BCUT2D eigenvalue weighted by Gasteiger charge is -2.49. The minimum Gasteiger partial charge on any atom is -0.390 e. The van der Waals surface area contributed by atoms with E-state index in [1.807, 2.05) is 152 Å². The summed E-state index contributed by atoms with van der Waals surface area (Å²) in [7, 11) is 1.49. The summed E-state index contributed by atoms with van der Waals surface area (Å²) in [6.45, 7) is 1.42. The van der Waals surface area contributed by atoms with Crippen molar-refractivity contribution in [2.45, 2.75) is 101 Å². The van der Waals surface area contributed by atoms with Crippen LogP contribution in [0.15, 0.2) is 152 Å². The van der Waals surface area contributed by atoms with E-state index in [0.29, 0.717) is 6.61 Å². The smallest absolute Gasteiger partial charge is 0.186 e. The monoisotopic (exact) mass is 790 g/mol. The average Bonchev–Trinajstić information content (AvgIpc) is 3.27. The second-order valence-corrected chi connectivity index (χ2v) is 14.8. The van der Waals surface area contributed by atoms with Crippen LogP contribution in [0.5, 0.6) is 0 Å². The standard InChI is InChI=1S/C48H54O10/c1-51-48-42(50)46(55-31-37-23-13-5-14-24-37)45(41(58-48)33-52-28-34-17-7-2-8-18-34)57-40-27-39(49)43(53-29-35-19-9-3-10-20-35)47(56-32-38-25-15-6-16-26-38)44(40)54-30-36-21-11-4-12-22-36/h2-26,39-50H,27-33H2,1H3/t39?,40-,41+,42+,43+,44-,45+,46+,47-,48-/m0/s1. The molecule has 0 aromatic heterocycles. The summed E-state index contributed by atoms with van der Waals surface area (Å²) in [5, 5.41) is 23.8. The molecule has 2 N–H and O–H groups in total. The molecule has 0 bridgehead atoms. The van der Waals surface area contributed by atoms with Gasteiger partial charge >= 0.3 is 0 Å². The Bertz CT molecular complexity index is 1870. The third kappa shape index (κ3) is 11.5. The second-order valence-electron chi connectivity index (χ2n) is 14.8.